The molecule has 0 radical (unpaired) electrons. The van der Waals surface area contributed by atoms with Gasteiger partial charge in [0.05, 0.1) is 0 Å². The Balaban J connectivity index is 3.71. The first-order chi connectivity index (χ1) is 3.50. The minimum atomic E-state index is -1.96. The SMILES string of the molecule is COC(O)(O)C(C)C. The average Bonchev–Trinajstić information content (AvgIpc) is 1.67. The largest absolute Gasteiger partial charge is 0.343 e. The zero-order chi connectivity index (χ0) is 6.78. The molecule has 0 aromatic heterocycles. The number of hydrogen-bond acceptors (Lipinski definition) is 3. The van der Waals surface area contributed by atoms with E-state index < -0.39 is 5.97 Å². The highest BCUT2D eigenvalue weighted by atomic mass is 16.8. The number of aliphatic hydroxyl groups is 2. The zero-order valence-corrected chi connectivity index (χ0v) is 5.38. The van der Waals surface area contributed by atoms with E-state index >= 15 is 0 Å². The molecule has 0 aromatic rings. The van der Waals surface area contributed by atoms with Gasteiger partial charge in [-0.3, -0.25) is 0 Å². The summed E-state index contributed by atoms with van der Waals surface area (Å²) in [5, 5.41) is 17.5. The van der Waals surface area contributed by atoms with Crippen LogP contribution in [0.2, 0.25) is 0 Å². The molecule has 0 amide bonds. The van der Waals surface area contributed by atoms with Gasteiger partial charge >= 0.3 is 0 Å². The molecule has 0 aliphatic carbocycles. The Bertz CT molecular complexity index is 68.1. The molecule has 0 saturated heterocycles. The van der Waals surface area contributed by atoms with Crippen molar-refractivity contribution in [3.05, 3.63) is 0 Å². The normalized spacial score (nSPS) is 12.8. The maximum Gasteiger partial charge on any atom is 0.279 e. The van der Waals surface area contributed by atoms with Crippen molar-refractivity contribution < 1.29 is 14.9 Å². The number of methoxy groups -OCH3 is 1. The molecule has 0 unspecified atom stereocenters. The van der Waals surface area contributed by atoms with E-state index in [9.17, 15) is 0 Å². The topological polar surface area (TPSA) is 49.7 Å². The van der Waals surface area contributed by atoms with E-state index in [1.165, 1.54) is 7.11 Å². The summed E-state index contributed by atoms with van der Waals surface area (Å²) in [5.41, 5.74) is 0. The van der Waals surface area contributed by atoms with Crippen LogP contribution < -0.4 is 0 Å². The molecule has 2 N–H and O–H groups in total. The van der Waals surface area contributed by atoms with E-state index in [4.69, 9.17) is 10.2 Å². The summed E-state index contributed by atoms with van der Waals surface area (Å²) in [6.45, 7) is 3.31. The molecular weight excluding hydrogens is 108 g/mol. The fraction of sp³-hybridized carbons (Fsp3) is 1.00. The quantitative estimate of drug-likeness (QED) is 0.501. The summed E-state index contributed by atoms with van der Waals surface area (Å²) in [7, 11) is 1.25. The van der Waals surface area contributed by atoms with Crippen molar-refractivity contribution in [3.8, 4) is 0 Å². The van der Waals surface area contributed by atoms with Gasteiger partial charge in [0.1, 0.15) is 0 Å². The van der Waals surface area contributed by atoms with Gasteiger partial charge in [-0.05, 0) is 0 Å². The monoisotopic (exact) mass is 120 g/mol. The van der Waals surface area contributed by atoms with Gasteiger partial charge in [0.2, 0.25) is 0 Å². The molecule has 0 aromatic carbocycles. The molecule has 0 atom stereocenters. The molecular formula is C5H12O3. The van der Waals surface area contributed by atoms with Crippen LogP contribution in [0, 0.1) is 5.92 Å². The second-order valence-corrected chi connectivity index (χ2v) is 2.02. The van der Waals surface area contributed by atoms with E-state index in [1.54, 1.807) is 13.8 Å². The fourth-order valence-electron chi connectivity index (χ4n) is 0.236. The fourth-order valence-corrected chi connectivity index (χ4v) is 0.236. The van der Waals surface area contributed by atoms with E-state index in [-0.39, 0.29) is 5.92 Å². The van der Waals surface area contributed by atoms with Crippen LogP contribution in [0.1, 0.15) is 13.8 Å². The molecule has 0 spiro atoms. The van der Waals surface area contributed by atoms with E-state index in [0.29, 0.717) is 0 Å². The van der Waals surface area contributed by atoms with Crippen LogP contribution in [0.15, 0.2) is 0 Å². The van der Waals surface area contributed by atoms with Crippen LogP contribution >= 0.6 is 0 Å². The Kier molecular flexibility index (Phi) is 2.40. The van der Waals surface area contributed by atoms with Crippen LogP contribution in [-0.4, -0.2) is 23.3 Å². The van der Waals surface area contributed by atoms with Crippen molar-refractivity contribution in [1.29, 1.82) is 0 Å². The predicted molar refractivity (Wildman–Crippen MR) is 29.0 cm³/mol. The second-order valence-electron chi connectivity index (χ2n) is 2.02. The van der Waals surface area contributed by atoms with Crippen LogP contribution in [0.25, 0.3) is 0 Å². The Morgan fingerprint density at radius 2 is 1.75 bits per heavy atom. The van der Waals surface area contributed by atoms with Gasteiger partial charge in [-0.2, -0.15) is 0 Å². The Morgan fingerprint density at radius 1 is 1.38 bits per heavy atom. The van der Waals surface area contributed by atoms with Crippen molar-refractivity contribution in [3.63, 3.8) is 0 Å². The van der Waals surface area contributed by atoms with Crippen LogP contribution in [-0.2, 0) is 4.74 Å². The molecule has 0 saturated carbocycles. The van der Waals surface area contributed by atoms with Crippen LogP contribution in [0.4, 0.5) is 0 Å². The third-order valence-electron chi connectivity index (χ3n) is 1.05. The molecule has 8 heavy (non-hydrogen) atoms. The first kappa shape index (κ1) is 7.88. The standard InChI is InChI=1S/C5H12O3/c1-4(2)5(6,7)8-3/h4,6-7H,1-3H3. The van der Waals surface area contributed by atoms with Gasteiger partial charge in [-0.25, -0.2) is 0 Å². The molecule has 0 bridgehead atoms. The van der Waals surface area contributed by atoms with Crippen LogP contribution in [0.5, 0.6) is 0 Å². The first-order valence-electron chi connectivity index (χ1n) is 2.50. The third kappa shape index (κ3) is 1.78. The summed E-state index contributed by atoms with van der Waals surface area (Å²) in [6.07, 6.45) is 0. The minimum absolute atomic E-state index is 0.299. The molecule has 0 fully saturated rings. The number of rotatable bonds is 2. The molecule has 0 heterocycles. The van der Waals surface area contributed by atoms with Crippen molar-refractivity contribution in [2.24, 2.45) is 5.92 Å². The van der Waals surface area contributed by atoms with Crippen molar-refractivity contribution in [2.75, 3.05) is 7.11 Å². The molecule has 0 rings (SSSR count). The van der Waals surface area contributed by atoms with Crippen molar-refractivity contribution >= 4 is 0 Å². The minimum Gasteiger partial charge on any atom is -0.343 e. The van der Waals surface area contributed by atoms with Gasteiger partial charge in [0.25, 0.3) is 5.97 Å². The summed E-state index contributed by atoms with van der Waals surface area (Å²) in [5.74, 6) is -2.26. The van der Waals surface area contributed by atoms with Gasteiger partial charge in [0.15, 0.2) is 0 Å². The van der Waals surface area contributed by atoms with E-state index in [1.807, 2.05) is 0 Å². The second kappa shape index (κ2) is 2.44. The maximum atomic E-state index is 8.73. The summed E-state index contributed by atoms with van der Waals surface area (Å²) in [4.78, 5) is 0. The van der Waals surface area contributed by atoms with Crippen LogP contribution in [0.3, 0.4) is 0 Å². The van der Waals surface area contributed by atoms with Crippen molar-refractivity contribution in [2.45, 2.75) is 19.8 Å². The van der Waals surface area contributed by atoms with Crippen molar-refractivity contribution in [1.82, 2.24) is 0 Å². The number of hydrogen-bond donors (Lipinski definition) is 2. The van der Waals surface area contributed by atoms with E-state index in [2.05, 4.69) is 4.74 Å². The third-order valence-corrected chi connectivity index (χ3v) is 1.05. The lowest BCUT2D eigenvalue weighted by molar-refractivity contribution is -0.349. The highest BCUT2D eigenvalue weighted by Crippen LogP contribution is 2.12. The Hall–Kier alpha value is -0.120. The Morgan fingerprint density at radius 3 is 1.75 bits per heavy atom. The molecule has 3 nitrogen and oxygen atoms in total. The lowest BCUT2D eigenvalue weighted by Gasteiger charge is -2.22. The summed E-state index contributed by atoms with van der Waals surface area (Å²) in [6, 6.07) is 0. The molecule has 50 valence electrons. The predicted octanol–water partition coefficient (Wildman–Crippen LogP) is -0.0728. The maximum absolute atomic E-state index is 8.73. The summed E-state index contributed by atoms with van der Waals surface area (Å²) >= 11 is 0. The van der Waals surface area contributed by atoms with Gasteiger partial charge < -0.3 is 14.9 Å². The smallest absolute Gasteiger partial charge is 0.279 e. The number of ether oxygens (including phenoxy) is 1. The molecule has 0 aliphatic heterocycles. The zero-order valence-electron chi connectivity index (χ0n) is 5.38. The molecule has 3 heteroatoms. The van der Waals surface area contributed by atoms with Gasteiger partial charge in [0, 0.05) is 13.0 Å². The summed E-state index contributed by atoms with van der Waals surface area (Å²) < 4.78 is 4.31. The highest BCUT2D eigenvalue weighted by molar-refractivity contribution is 4.53. The lowest BCUT2D eigenvalue weighted by Crippen LogP contribution is -2.36. The van der Waals surface area contributed by atoms with Gasteiger partial charge in [-0.15, -0.1) is 0 Å². The molecule has 0 aliphatic rings. The Labute approximate surface area is 48.9 Å². The first-order valence-corrected chi connectivity index (χ1v) is 2.50. The average molecular weight is 120 g/mol. The van der Waals surface area contributed by atoms with Gasteiger partial charge in [-0.1, -0.05) is 13.8 Å². The van der Waals surface area contributed by atoms with E-state index in [0.717, 1.165) is 0 Å². The lowest BCUT2D eigenvalue weighted by atomic mass is 10.2. The highest BCUT2D eigenvalue weighted by Gasteiger charge is 2.26.